The third kappa shape index (κ3) is 10.3. The van der Waals surface area contributed by atoms with E-state index in [9.17, 15) is 4.79 Å². The van der Waals surface area contributed by atoms with E-state index in [2.05, 4.69) is 31.4 Å². The number of carbonyl (C=O) groups excluding carboxylic acids is 1. The van der Waals surface area contributed by atoms with Gasteiger partial charge in [0.05, 0.1) is 13.2 Å². The van der Waals surface area contributed by atoms with Gasteiger partial charge in [-0.1, -0.05) is 46.5 Å². The van der Waals surface area contributed by atoms with Crippen molar-refractivity contribution in [2.75, 3.05) is 25.0 Å². The lowest BCUT2D eigenvalue weighted by Crippen LogP contribution is -2.28. The van der Waals surface area contributed by atoms with Crippen LogP contribution in [-0.4, -0.2) is 25.6 Å². The summed E-state index contributed by atoms with van der Waals surface area (Å²) in [7, 11) is 0. The molecule has 0 bridgehead atoms. The molecule has 2 N–H and O–H groups in total. The van der Waals surface area contributed by atoms with Crippen LogP contribution in [0.4, 0.5) is 5.69 Å². The highest BCUT2D eigenvalue weighted by Crippen LogP contribution is 2.16. The quantitative estimate of drug-likeness (QED) is 0.518. The van der Waals surface area contributed by atoms with Gasteiger partial charge in [0.15, 0.2) is 0 Å². The van der Waals surface area contributed by atoms with E-state index < -0.39 is 0 Å². The van der Waals surface area contributed by atoms with Gasteiger partial charge in [-0.25, -0.2) is 0 Å². The molecule has 1 aromatic carbocycles. The Hall–Kier alpha value is -1.55. The van der Waals surface area contributed by atoms with E-state index in [-0.39, 0.29) is 5.91 Å². The molecule has 1 rings (SSSR count). The van der Waals surface area contributed by atoms with Gasteiger partial charge in [-0.15, -0.1) is 0 Å². The molecule has 0 spiro atoms. The molecule has 0 aliphatic heterocycles. The zero-order valence-corrected chi connectivity index (χ0v) is 15.6. The number of nitrogens with one attached hydrogen (secondary N) is 2. The molecule has 4 nitrogen and oxygen atoms in total. The van der Waals surface area contributed by atoms with E-state index in [1.54, 1.807) is 0 Å². The Kier molecular flexibility index (Phi) is 10.9. The van der Waals surface area contributed by atoms with Gasteiger partial charge in [0.2, 0.25) is 5.91 Å². The number of hydrogen-bond donors (Lipinski definition) is 2. The number of ether oxygens (including phenoxy) is 1. The maximum Gasteiger partial charge on any atom is 0.238 e. The Bertz CT molecular complexity index is 443. The second kappa shape index (κ2) is 12.8. The largest absolute Gasteiger partial charge is 0.494 e. The molecule has 24 heavy (non-hydrogen) atoms. The minimum Gasteiger partial charge on any atom is -0.494 e. The summed E-state index contributed by atoms with van der Waals surface area (Å²) in [6, 6.07) is 7.56. The summed E-state index contributed by atoms with van der Waals surface area (Å²) in [6.07, 6.45) is 7.27. The second-order valence-corrected chi connectivity index (χ2v) is 6.69. The van der Waals surface area contributed by atoms with Crippen molar-refractivity contribution in [3.63, 3.8) is 0 Å². The molecule has 0 aliphatic carbocycles. The summed E-state index contributed by atoms with van der Waals surface area (Å²) in [6.45, 7) is 8.57. The number of amides is 1. The zero-order valence-electron chi connectivity index (χ0n) is 15.6. The summed E-state index contributed by atoms with van der Waals surface area (Å²) in [5.41, 5.74) is 0.806. The molecule has 136 valence electrons. The molecule has 0 unspecified atom stereocenters. The van der Waals surface area contributed by atoms with Gasteiger partial charge in [0, 0.05) is 5.69 Å². The fourth-order valence-electron chi connectivity index (χ4n) is 2.31. The van der Waals surface area contributed by atoms with Crippen molar-refractivity contribution in [1.82, 2.24) is 5.32 Å². The molecule has 0 aliphatic rings. The van der Waals surface area contributed by atoms with Gasteiger partial charge < -0.3 is 15.4 Å². The molecule has 0 fully saturated rings. The van der Waals surface area contributed by atoms with E-state index >= 15 is 0 Å². The normalized spacial score (nSPS) is 10.8. The van der Waals surface area contributed by atoms with Crippen LogP contribution in [0.25, 0.3) is 0 Å². The standard InChI is InChI=1S/C20H34N2O2/c1-4-5-6-7-8-14-21-16-20(23)22-18-9-11-19(12-10-18)24-15-13-17(2)3/h9-12,17,21H,4-8,13-16H2,1-3H3,(H,22,23). The van der Waals surface area contributed by atoms with Crippen LogP contribution < -0.4 is 15.4 Å². The highest BCUT2D eigenvalue weighted by molar-refractivity contribution is 5.92. The molecule has 0 aromatic heterocycles. The van der Waals surface area contributed by atoms with Crippen molar-refractivity contribution in [3.05, 3.63) is 24.3 Å². The third-order valence-corrected chi connectivity index (χ3v) is 3.84. The lowest BCUT2D eigenvalue weighted by molar-refractivity contribution is -0.115. The van der Waals surface area contributed by atoms with Crippen molar-refractivity contribution in [2.45, 2.75) is 59.3 Å². The Morgan fingerprint density at radius 3 is 2.46 bits per heavy atom. The highest BCUT2D eigenvalue weighted by atomic mass is 16.5. The average Bonchev–Trinajstić information content (AvgIpc) is 2.55. The predicted octanol–water partition coefficient (Wildman–Crippen LogP) is 4.61. The van der Waals surface area contributed by atoms with Crippen LogP contribution >= 0.6 is 0 Å². The molecule has 0 saturated heterocycles. The first-order chi connectivity index (χ1) is 11.6. The Labute approximate surface area is 147 Å². The van der Waals surface area contributed by atoms with Gasteiger partial charge >= 0.3 is 0 Å². The highest BCUT2D eigenvalue weighted by Gasteiger charge is 2.02. The molecule has 0 saturated carbocycles. The summed E-state index contributed by atoms with van der Waals surface area (Å²) in [5, 5.41) is 6.09. The topological polar surface area (TPSA) is 50.4 Å². The van der Waals surface area contributed by atoms with Crippen molar-refractivity contribution in [3.8, 4) is 5.75 Å². The van der Waals surface area contributed by atoms with Crippen LogP contribution in [0.1, 0.15) is 59.3 Å². The smallest absolute Gasteiger partial charge is 0.238 e. The van der Waals surface area contributed by atoms with Gasteiger partial charge in [-0.05, 0) is 49.6 Å². The molecule has 1 aromatic rings. The van der Waals surface area contributed by atoms with E-state index in [4.69, 9.17) is 4.74 Å². The minimum atomic E-state index is -0.00275. The molecule has 0 atom stereocenters. The molecule has 0 heterocycles. The molecule has 4 heteroatoms. The third-order valence-electron chi connectivity index (χ3n) is 3.84. The van der Waals surface area contributed by atoms with Crippen LogP contribution in [0.5, 0.6) is 5.75 Å². The Morgan fingerprint density at radius 1 is 1.08 bits per heavy atom. The van der Waals surface area contributed by atoms with Crippen LogP contribution in [0, 0.1) is 5.92 Å². The molecule has 0 radical (unpaired) electrons. The lowest BCUT2D eigenvalue weighted by atomic mass is 10.1. The number of hydrogen-bond acceptors (Lipinski definition) is 3. The summed E-state index contributed by atoms with van der Waals surface area (Å²) in [5.74, 6) is 1.48. The van der Waals surface area contributed by atoms with Crippen LogP contribution in [-0.2, 0) is 4.79 Å². The number of rotatable bonds is 13. The Balaban J connectivity index is 2.15. The number of benzene rings is 1. The first-order valence-corrected chi connectivity index (χ1v) is 9.35. The van der Waals surface area contributed by atoms with Gasteiger partial charge in [0.25, 0.3) is 0 Å². The zero-order chi connectivity index (χ0) is 17.6. The van der Waals surface area contributed by atoms with Crippen LogP contribution in [0.3, 0.4) is 0 Å². The number of unbranched alkanes of at least 4 members (excludes halogenated alkanes) is 4. The SMILES string of the molecule is CCCCCCCNCC(=O)Nc1ccc(OCCC(C)C)cc1. The fourth-order valence-corrected chi connectivity index (χ4v) is 2.31. The van der Waals surface area contributed by atoms with Crippen LogP contribution in [0.2, 0.25) is 0 Å². The first kappa shape index (κ1) is 20.5. The van der Waals surface area contributed by atoms with Crippen molar-refractivity contribution in [1.29, 1.82) is 0 Å². The van der Waals surface area contributed by atoms with Gasteiger partial charge in [-0.3, -0.25) is 4.79 Å². The Morgan fingerprint density at radius 2 is 1.79 bits per heavy atom. The minimum absolute atomic E-state index is 0.00275. The monoisotopic (exact) mass is 334 g/mol. The molecular weight excluding hydrogens is 300 g/mol. The average molecular weight is 335 g/mol. The molecule has 1 amide bonds. The molecular formula is C20H34N2O2. The van der Waals surface area contributed by atoms with Crippen molar-refractivity contribution >= 4 is 11.6 Å². The van der Waals surface area contributed by atoms with Crippen LogP contribution in [0.15, 0.2) is 24.3 Å². The number of anilines is 1. The van der Waals surface area contributed by atoms with E-state index in [0.717, 1.165) is 37.4 Å². The van der Waals surface area contributed by atoms with E-state index in [0.29, 0.717) is 12.5 Å². The number of carbonyl (C=O) groups is 1. The first-order valence-electron chi connectivity index (χ1n) is 9.35. The van der Waals surface area contributed by atoms with E-state index in [1.165, 1.54) is 25.7 Å². The lowest BCUT2D eigenvalue weighted by Gasteiger charge is -2.10. The van der Waals surface area contributed by atoms with Gasteiger partial charge in [0.1, 0.15) is 5.75 Å². The van der Waals surface area contributed by atoms with Gasteiger partial charge in [-0.2, -0.15) is 0 Å². The van der Waals surface area contributed by atoms with Crippen molar-refractivity contribution in [2.24, 2.45) is 5.92 Å². The van der Waals surface area contributed by atoms with Crippen molar-refractivity contribution < 1.29 is 9.53 Å². The predicted molar refractivity (Wildman–Crippen MR) is 102 cm³/mol. The van der Waals surface area contributed by atoms with E-state index in [1.807, 2.05) is 24.3 Å². The summed E-state index contributed by atoms with van der Waals surface area (Å²) >= 11 is 0. The maximum absolute atomic E-state index is 11.9. The fraction of sp³-hybridized carbons (Fsp3) is 0.650. The summed E-state index contributed by atoms with van der Waals surface area (Å²) in [4.78, 5) is 11.9. The summed E-state index contributed by atoms with van der Waals surface area (Å²) < 4.78 is 5.67. The maximum atomic E-state index is 11.9. The second-order valence-electron chi connectivity index (χ2n) is 6.69.